The van der Waals surface area contributed by atoms with Gasteiger partial charge < -0.3 is 14.9 Å². The van der Waals surface area contributed by atoms with Crippen LogP contribution >= 0.6 is 0 Å². The number of anilines is 1. The van der Waals surface area contributed by atoms with Crippen molar-refractivity contribution in [2.75, 3.05) is 31.6 Å². The van der Waals surface area contributed by atoms with Crippen molar-refractivity contribution in [3.05, 3.63) is 24.0 Å². The highest BCUT2D eigenvalue weighted by molar-refractivity contribution is 5.82. The number of carbonyl (C=O) groups is 1. The molecule has 0 unspecified atom stereocenters. The minimum Gasteiger partial charge on any atom is -0.387 e. The van der Waals surface area contributed by atoms with Gasteiger partial charge in [0.1, 0.15) is 0 Å². The average Bonchev–Trinajstić information content (AvgIpc) is 2.33. The van der Waals surface area contributed by atoms with Crippen molar-refractivity contribution in [3.8, 4) is 0 Å². The van der Waals surface area contributed by atoms with Gasteiger partial charge in [0.05, 0.1) is 30.2 Å². The van der Waals surface area contributed by atoms with E-state index in [0.717, 1.165) is 18.8 Å². The highest BCUT2D eigenvalue weighted by Gasteiger charge is 2.21. The van der Waals surface area contributed by atoms with Gasteiger partial charge in [-0.2, -0.15) is 0 Å². The number of pyridine rings is 1. The highest BCUT2D eigenvalue weighted by atomic mass is 16.3. The first-order valence-corrected chi connectivity index (χ1v) is 5.71. The Morgan fingerprint density at radius 2 is 2.18 bits per heavy atom. The first kappa shape index (κ1) is 11.9. The Morgan fingerprint density at radius 3 is 2.71 bits per heavy atom. The second kappa shape index (κ2) is 4.71. The molecule has 0 spiro atoms. The number of amides is 1. The summed E-state index contributed by atoms with van der Waals surface area (Å²) in [6, 6.07) is 3.69. The van der Waals surface area contributed by atoms with Crippen molar-refractivity contribution < 1.29 is 9.90 Å². The van der Waals surface area contributed by atoms with E-state index in [4.69, 9.17) is 0 Å². The SMILES string of the molecule is C[C@@H](O)c1ccc(N2CCN(C)C(=O)C2)cn1. The molecule has 0 aromatic carbocycles. The monoisotopic (exact) mass is 235 g/mol. The molecule has 0 aliphatic carbocycles. The molecule has 1 aromatic rings. The van der Waals surface area contributed by atoms with E-state index in [9.17, 15) is 9.90 Å². The third-order valence-electron chi connectivity index (χ3n) is 3.02. The summed E-state index contributed by atoms with van der Waals surface area (Å²) in [5.41, 5.74) is 1.57. The fourth-order valence-electron chi connectivity index (χ4n) is 1.81. The molecule has 1 aromatic heterocycles. The summed E-state index contributed by atoms with van der Waals surface area (Å²) < 4.78 is 0. The second-order valence-electron chi connectivity index (χ2n) is 4.35. The predicted molar refractivity (Wildman–Crippen MR) is 64.7 cm³/mol. The quantitative estimate of drug-likeness (QED) is 0.807. The Labute approximate surface area is 101 Å². The molecular weight excluding hydrogens is 218 g/mol. The molecule has 1 amide bonds. The molecule has 5 heteroatoms. The molecule has 1 saturated heterocycles. The van der Waals surface area contributed by atoms with Gasteiger partial charge in [0.2, 0.25) is 5.91 Å². The normalized spacial score (nSPS) is 18.4. The number of aromatic nitrogens is 1. The molecular formula is C12H17N3O2. The lowest BCUT2D eigenvalue weighted by atomic mass is 10.2. The molecule has 5 nitrogen and oxygen atoms in total. The van der Waals surface area contributed by atoms with Gasteiger partial charge in [-0.1, -0.05) is 0 Å². The van der Waals surface area contributed by atoms with Crippen LogP contribution in [0.5, 0.6) is 0 Å². The second-order valence-corrected chi connectivity index (χ2v) is 4.35. The molecule has 1 aliphatic rings. The summed E-state index contributed by atoms with van der Waals surface area (Å²) in [5, 5.41) is 9.36. The van der Waals surface area contributed by atoms with E-state index < -0.39 is 6.10 Å². The maximum atomic E-state index is 11.6. The van der Waals surface area contributed by atoms with E-state index in [-0.39, 0.29) is 5.91 Å². The zero-order chi connectivity index (χ0) is 12.4. The third-order valence-corrected chi connectivity index (χ3v) is 3.02. The number of piperazine rings is 1. The number of hydrogen-bond acceptors (Lipinski definition) is 4. The van der Waals surface area contributed by atoms with Crippen molar-refractivity contribution in [3.63, 3.8) is 0 Å². The van der Waals surface area contributed by atoms with Crippen LogP contribution < -0.4 is 4.90 Å². The lowest BCUT2D eigenvalue weighted by molar-refractivity contribution is -0.129. The minimum absolute atomic E-state index is 0.121. The number of aliphatic hydroxyl groups is 1. The van der Waals surface area contributed by atoms with E-state index in [1.807, 2.05) is 18.0 Å². The third kappa shape index (κ3) is 2.55. The van der Waals surface area contributed by atoms with E-state index in [1.165, 1.54) is 0 Å². The van der Waals surface area contributed by atoms with Gasteiger partial charge in [0, 0.05) is 20.1 Å². The van der Waals surface area contributed by atoms with Crippen molar-refractivity contribution in [1.29, 1.82) is 0 Å². The Balaban J connectivity index is 2.10. The van der Waals surface area contributed by atoms with Crippen LogP contribution in [0.15, 0.2) is 18.3 Å². The number of aliphatic hydroxyl groups excluding tert-OH is 1. The van der Waals surface area contributed by atoms with E-state index >= 15 is 0 Å². The fraction of sp³-hybridized carbons (Fsp3) is 0.500. The van der Waals surface area contributed by atoms with Gasteiger partial charge in [-0.3, -0.25) is 9.78 Å². The fourth-order valence-corrected chi connectivity index (χ4v) is 1.81. The number of hydrogen-bond donors (Lipinski definition) is 1. The van der Waals surface area contributed by atoms with Gasteiger partial charge in [0.15, 0.2) is 0 Å². The summed E-state index contributed by atoms with van der Waals surface area (Å²) in [4.78, 5) is 19.5. The molecule has 2 heterocycles. The zero-order valence-corrected chi connectivity index (χ0v) is 10.1. The van der Waals surface area contributed by atoms with Gasteiger partial charge in [-0.15, -0.1) is 0 Å². The van der Waals surface area contributed by atoms with Gasteiger partial charge >= 0.3 is 0 Å². The molecule has 0 radical (unpaired) electrons. The molecule has 0 bridgehead atoms. The van der Waals surface area contributed by atoms with E-state index in [2.05, 4.69) is 4.98 Å². The number of nitrogens with zero attached hydrogens (tertiary/aromatic N) is 3. The van der Waals surface area contributed by atoms with Crippen LogP contribution in [-0.4, -0.2) is 47.6 Å². The van der Waals surface area contributed by atoms with Gasteiger partial charge in [0.25, 0.3) is 0 Å². The Morgan fingerprint density at radius 1 is 1.41 bits per heavy atom. The Kier molecular flexibility index (Phi) is 3.28. The van der Waals surface area contributed by atoms with Crippen molar-refractivity contribution in [2.24, 2.45) is 0 Å². The van der Waals surface area contributed by atoms with Crippen LogP contribution in [-0.2, 0) is 4.79 Å². The summed E-state index contributed by atoms with van der Waals surface area (Å²) in [6.45, 7) is 3.63. The van der Waals surface area contributed by atoms with Crippen LogP contribution in [0.2, 0.25) is 0 Å². The molecule has 1 atom stereocenters. The summed E-state index contributed by atoms with van der Waals surface area (Å²) in [5.74, 6) is 0.121. The highest BCUT2D eigenvalue weighted by Crippen LogP contribution is 2.17. The summed E-state index contributed by atoms with van der Waals surface area (Å²) in [6.07, 6.45) is 1.15. The standard InChI is InChI=1S/C12H17N3O2/c1-9(16)11-4-3-10(7-13-11)15-6-5-14(2)12(17)8-15/h3-4,7,9,16H,5-6,8H2,1-2H3/t9-/m1/s1. The van der Waals surface area contributed by atoms with Gasteiger partial charge in [-0.05, 0) is 19.1 Å². The van der Waals surface area contributed by atoms with Crippen LogP contribution in [0, 0.1) is 0 Å². The smallest absolute Gasteiger partial charge is 0.241 e. The first-order valence-electron chi connectivity index (χ1n) is 5.71. The number of rotatable bonds is 2. The molecule has 1 N–H and O–H groups in total. The Hall–Kier alpha value is -1.62. The lowest BCUT2D eigenvalue weighted by Gasteiger charge is -2.33. The minimum atomic E-state index is -0.557. The predicted octanol–water partition coefficient (Wildman–Crippen LogP) is 0.413. The van der Waals surface area contributed by atoms with Crippen molar-refractivity contribution in [1.82, 2.24) is 9.88 Å². The van der Waals surface area contributed by atoms with Crippen LogP contribution in [0.4, 0.5) is 5.69 Å². The van der Waals surface area contributed by atoms with E-state index in [1.54, 1.807) is 24.1 Å². The Bertz CT molecular complexity index is 403. The molecule has 92 valence electrons. The number of carbonyl (C=O) groups excluding carboxylic acids is 1. The van der Waals surface area contributed by atoms with Gasteiger partial charge in [-0.25, -0.2) is 0 Å². The lowest BCUT2D eigenvalue weighted by Crippen LogP contribution is -2.48. The molecule has 17 heavy (non-hydrogen) atoms. The number of likely N-dealkylation sites (N-methyl/N-ethyl adjacent to an activating group) is 1. The van der Waals surface area contributed by atoms with E-state index in [0.29, 0.717) is 12.2 Å². The first-order chi connectivity index (χ1) is 8.08. The molecule has 1 aliphatic heterocycles. The molecule has 0 saturated carbocycles. The van der Waals surface area contributed by atoms with Crippen molar-refractivity contribution in [2.45, 2.75) is 13.0 Å². The summed E-state index contributed by atoms with van der Waals surface area (Å²) in [7, 11) is 1.81. The average molecular weight is 235 g/mol. The maximum absolute atomic E-state index is 11.6. The summed E-state index contributed by atoms with van der Waals surface area (Å²) >= 11 is 0. The van der Waals surface area contributed by atoms with Crippen molar-refractivity contribution >= 4 is 11.6 Å². The zero-order valence-electron chi connectivity index (χ0n) is 10.1. The topological polar surface area (TPSA) is 56.7 Å². The molecule has 1 fully saturated rings. The van der Waals surface area contributed by atoms with Crippen LogP contribution in [0.25, 0.3) is 0 Å². The van der Waals surface area contributed by atoms with Crippen LogP contribution in [0.1, 0.15) is 18.7 Å². The molecule has 2 rings (SSSR count). The maximum Gasteiger partial charge on any atom is 0.241 e. The van der Waals surface area contributed by atoms with Crippen LogP contribution in [0.3, 0.4) is 0 Å². The largest absolute Gasteiger partial charge is 0.387 e.